The minimum Gasteiger partial charge on any atom is -0.495 e. The molecule has 1 saturated heterocycles. The number of benzene rings is 1. The molecule has 0 spiro atoms. The number of nitrogens with one attached hydrogen (secondary N) is 1. The van der Waals surface area contributed by atoms with Gasteiger partial charge in [-0.1, -0.05) is 23.2 Å². The minimum absolute atomic E-state index is 0.195. The van der Waals surface area contributed by atoms with Gasteiger partial charge in [0, 0.05) is 56.1 Å². The van der Waals surface area contributed by atoms with Crippen molar-refractivity contribution in [1.29, 1.82) is 5.41 Å². The first-order valence-corrected chi connectivity index (χ1v) is 11.1. The van der Waals surface area contributed by atoms with Crippen LogP contribution in [0, 0.1) is 5.41 Å². The molecular formula is C22H29Cl2N5O3. The Kier molecular flexibility index (Phi) is 8.05. The summed E-state index contributed by atoms with van der Waals surface area (Å²) in [5, 5.41) is 8.17. The summed E-state index contributed by atoms with van der Waals surface area (Å²) in [4.78, 5) is 18.2. The molecule has 174 valence electrons. The quantitative estimate of drug-likeness (QED) is 0.562. The molecule has 0 radical (unpaired) electrons. The highest BCUT2D eigenvalue weighted by Gasteiger charge is 2.23. The van der Waals surface area contributed by atoms with E-state index in [-0.39, 0.29) is 27.0 Å². The lowest BCUT2D eigenvalue weighted by Gasteiger charge is -2.32. The van der Waals surface area contributed by atoms with Crippen molar-refractivity contribution in [1.82, 2.24) is 14.4 Å². The molecule has 2 heterocycles. The number of methoxy groups -OCH3 is 2. The highest BCUT2D eigenvalue weighted by molar-refractivity contribution is 6.41. The highest BCUT2D eigenvalue weighted by atomic mass is 35.5. The topological polar surface area (TPSA) is 96.8 Å². The number of aromatic nitrogens is 1. The van der Waals surface area contributed by atoms with E-state index >= 15 is 0 Å². The van der Waals surface area contributed by atoms with E-state index in [1.807, 2.05) is 0 Å². The normalized spacial score (nSPS) is 15.0. The van der Waals surface area contributed by atoms with Crippen LogP contribution in [0.4, 0.5) is 5.82 Å². The van der Waals surface area contributed by atoms with Crippen LogP contribution < -0.4 is 20.8 Å². The molecule has 8 nitrogen and oxygen atoms in total. The van der Waals surface area contributed by atoms with Crippen LogP contribution in [0.15, 0.2) is 16.9 Å². The fourth-order valence-electron chi connectivity index (χ4n) is 3.86. The number of ether oxygens (including phenoxy) is 2. The predicted molar refractivity (Wildman–Crippen MR) is 130 cm³/mol. The number of pyridine rings is 1. The first-order chi connectivity index (χ1) is 15.3. The van der Waals surface area contributed by atoms with E-state index in [2.05, 4.69) is 16.8 Å². The summed E-state index contributed by atoms with van der Waals surface area (Å²) in [6, 6.07) is 3.10. The van der Waals surface area contributed by atoms with Gasteiger partial charge in [-0.3, -0.25) is 9.36 Å². The van der Waals surface area contributed by atoms with E-state index in [9.17, 15) is 4.79 Å². The Labute approximate surface area is 197 Å². The van der Waals surface area contributed by atoms with Crippen LogP contribution in [0.25, 0.3) is 11.1 Å². The van der Waals surface area contributed by atoms with Crippen molar-refractivity contribution >= 4 is 35.2 Å². The second-order valence-electron chi connectivity index (χ2n) is 7.78. The summed E-state index contributed by atoms with van der Waals surface area (Å²) in [7, 11) is 5.06. The second-order valence-corrected chi connectivity index (χ2v) is 8.54. The van der Waals surface area contributed by atoms with Crippen LogP contribution in [-0.4, -0.2) is 74.6 Å². The maximum absolute atomic E-state index is 13.5. The molecule has 1 aliphatic heterocycles. The smallest absolute Gasteiger partial charge is 0.260 e. The number of halogens is 2. The third kappa shape index (κ3) is 4.88. The number of piperazine rings is 1. The summed E-state index contributed by atoms with van der Waals surface area (Å²) < 4.78 is 12.2. The molecule has 0 bridgehead atoms. The van der Waals surface area contributed by atoms with Crippen LogP contribution in [0.5, 0.6) is 11.5 Å². The molecule has 10 heteroatoms. The van der Waals surface area contributed by atoms with E-state index in [0.717, 1.165) is 45.4 Å². The Balaban J connectivity index is 2.00. The SMILES string of the molecule is COc1cc(OC)c(Cl)c(-c2cc(C=N)c(N)n(CCCN3CCN(C)CC3)c2=O)c1Cl. The summed E-state index contributed by atoms with van der Waals surface area (Å²) in [5.74, 6) is 0.906. The molecule has 0 saturated carbocycles. The predicted octanol–water partition coefficient (Wildman–Crippen LogP) is 3.06. The van der Waals surface area contributed by atoms with Gasteiger partial charge in [-0.2, -0.15) is 0 Å². The molecule has 3 rings (SSSR count). The number of hydrogen-bond donors (Lipinski definition) is 2. The lowest BCUT2D eigenvalue weighted by atomic mass is 10.0. The van der Waals surface area contributed by atoms with E-state index in [0.29, 0.717) is 29.2 Å². The fourth-order valence-corrected chi connectivity index (χ4v) is 4.57. The molecule has 0 atom stereocenters. The van der Waals surface area contributed by atoms with Gasteiger partial charge in [-0.15, -0.1) is 0 Å². The fraction of sp³-hybridized carbons (Fsp3) is 0.455. The summed E-state index contributed by atoms with van der Waals surface area (Å²) in [6.45, 7) is 5.34. The van der Waals surface area contributed by atoms with Crippen LogP contribution in [0.3, 0.4) is 0 Å². The van der Waals surface area contributed by atoms with Gasteiger partial charge >= 0.3 is 0 Å². The van der Waals surface area contributed by atoms with Gasteiger partial charge < -0.3 is 30.4 Å². The molecule has 0 aliphatic carbocycles. The number of hydrogen-bond acceptors (Lipinski definition) is 7. The van der Waals surface area contributed by atoms with E-state index in [1.54, 1.807) is 6.07 Å². The van der Waals surface area contributed by atoms with Crippen molar-refractivity contribution in [2.45, 2.75) is 13.0 Å². The van der Waals surface area contributed by atoms with Crippen LogP contribution in [0.2, 0.25) is 10.0 Å². The monoisotopic (exact) mass is 481 g/mol. The summed E-state index contributed by atoms with van der Waals surface area (Å²) in [6.07, 6.45) is 1.87. The van der Waals surface area contributed by atoms with Gasteiger partial charge in [-0.05, 0) is 26.1 Å². The molecule has 1 fully saturated rings. The molecule has 2 aromatic rings. The number of rotatable bonds is 8. The second kappa shape index (κ2) is 10.6. The molecule has 3 N–H and O–H groups in total. The maximum Gasteiger partial charge on any atom is 0.260 e. The molecule has 1 aromatic heterocycles. The Morgan fingerprint density at radius 3 is 2.19 bits per heavy atom. The zero-order valence-electron chi connectivity index (χ0n) is 18.6. The van der Waals surface area contributed by atoms with Crippen molar-refractivity contribution in [3.63, 3.8) is 0 Å². The van der Waals surface area contributed by atoms with E-state index in [4.69, 9.17) is 43.8 Å². The van der Waals surface area contributed by atoms with E-state index < -0.39 is 0 Å². The van der Waals surface area contributed by atoms with Gasteiger partial charge in [0.2, 0.25) is 0 Å². The number of anilines is 1. The third-order valence-corrected chi connectivity index (χ3v) is 6.56. The Morgan fingerprint density at radius 2 is 1.66 bits per heavy atom. The third-order valence-electron chi connectivity index (χ3n) is 5.81. The molecule has 1 aliphatic rings. The van der Waals surface area contributed by atoms with Crippen molar-refractivity contribution in [2.75, 3.05) is 59.7 Å². The number of nitrogen functional groups attached to an aromatic ring is 1. The minimum atomic E-state index is -0.328. The van der Waals surface area contributed by atoms with E-state index in [1.165, 1.54) is 24.9 Å². The summed E-state index contributed by atoms with van der Waals surface area (Å²) in [5.41, 5.74) is 6.86. The molecule has 32 heavy (non-hydrogen) atoms. The van der Waals surface area contributed by atoms with Crippen LogP contribution in [0.1, 0.15) is 12.0 Å². The number of nitrogens with two attached hydrogens (primary N) is 1. The first kappa shape index (κ1) is 24.4. The van der Waals surface area contributed by atoms with Crippen molar-refractivity contribution in [3.8, 4) is 22.6 Å². The van der Waals surface area contributed by atoms with Crippen LogP contribution >= 0.6 is 23.2 Å². The lowest BCUT2D eigenvalue weighted by Crippen LogP contribution is -2.44. The first-order valence-electron chi connectivity index (χ1n) is 10.4. The van der Waals surface area contributed by atoms with Gasteiger partial charge in [0.1, 0.15) is 17.3 Å². The number of likely N-dealkylation sites (N-methyl/N-ethyl adjacent to an activating group) is 1. The standard InChI is InChI=1S/C22H29Cl2N5O3/c1-27-7-9-28(10-8-27)5-4-6-29-21(26)14(13-25)11-15(22(29)30)18-19(23)16(31-2)12-17(32-3)20(18)24/h11-13,25H,4-10,26H2,1-3H3. The zero-order valence-corrected chi connectivity index (χ0v) is 20.1. The van der Waals surface area contributed by atoms with Crippen molar-refractivity contribution in [3.05, 3.63) is 38.1 Å². The van der Waals surface area contributed by atoms with Crippen molar-refractivity contribution < 1.29 is 9.47 Å². The van der Waals surface area contributed by atoms with Gasteiger partial charge in [0.15, 0.2) is 0 Å². The molecule has 1 aromatic carbocycles. The lowest BCUT2D eigenvalue weighted by molar-refractivity contribution is 0.151. The Hall–Kier alpha value is -2.26. The highest BCUT2D eigenvalue weighted by Crippen LogP contribution is 2.45. The van der Waals surface area contributed by atoms with Crippen LogP contribution in [-0.2, 0) is 6.54 Å². The molecule has 0 unspecified atom stereocenters. The van der Waals surface area contributed by atoms with Crippen molar-refractivity contribution in [2.24, 2.45) is 0 Å². The van der Waals surface area contributed by atoms with Gasteiger partial charge in [0.25, 0.3) is 5.56 Å². The average molecular weight is 482 g/mol. The average Bonchev–Trinajstić information content (AvgIpc) is 2.79. The molecular weight excluding hydrogens is 453 g/mol. The Morgan fingerprint density at radius 1 is 1.06 bits per heavy atom. The largest absolute Gasteiger partial charge is 0.495 e. The number of nitrogens with zero attached hydrogens (tertiary/aromatic N) is 3. The maximum atomic E-state index is 13.5. The van der Waals surface area contributed by atoms with Gasteiger partial charge in [0.05, 0.1) is 29.8 Å². The van der Waals surface area contributed by atoms with Gasteiger partial charge in [-0.25, -0.2) is 0 Å². The summed E-state index contributed by atoms with van der Waals surface area (Å²) >= 11 is 13.1. The molecule has 0 amide bonds. The zero-order chi connectivity index (χ0) is 23.4. The Bertz CT molecular complexity index is 1020.